The van der Waals surface area contributed by atoms with E-state index in [1.807, 2.05) is 43.3 Å². The number of carbonyl (C=O) groups is 1. The van der Waals surface area contributed by atoms with E-state index in [2.05, 4.69) is 5.32 Å². The summed E-state index contributed by atoms with van der Waals surface area (Å²) in [6.07, 6.45) is 0. The second-order valence-electron chi connectivity index (χ2n) is 8.51. The molecular weight excluding hydrogens is 472 g/mol. The first-order valence-electron chi connectivity index (χ1n) is 11.8. The molecule has 0 saturated carbocycles. The zero-order valence-corrected chi connectivity index (χ0v) is 20.7. The highest BCUT2D eigenvalue weighted by Gasteiger charge is 2.27. The lowest BCUT2D eigenvalue weighted by Crippen LogP contribution is -2.28. The molecule has 0 aliphatic carbocycles. The highest BCUT2D eigenvalue weighted by molar-refractivity contribution is 6.12. The lowest BCUT2D eigenvalue weighted by Gasteiger charge is -2.15. The van der Waals surface area contributed by atoms with Crippen molar-refractivity contribution >= 4 is 33.7 Å². The molecule has 37 heavy (non-hydrogen) atoms. The van der Waals surface area contributed by atoms with E-state index in [-0.39, 0.29) is 17.7 Å². The maximum absolute atomic E-state index is 13.9. The average Bonchev–Trinajstić information content (AvgIpc) is 3.28. The van der Waals surface area contributed by atoms with Crippen molar-refractivity contribution in [2.45, 2.75) is 13.5 Å². The Morgan fingerprint density at radius 3 is 2.46 bits per heavy atom. The van der Waals surface area contributed by atoms with Crippen LogP contribution in [-0.2, 0) is 6.54 Å². The number of methoxy groups -OCH3 is 2. The SMILES string of the molecule is CCNc1ccc2c(c1)oc1c(-c3ccc(OC)cc3)c(C(=O)O)c(=O)n(Cc3ccccc3OC)c12. The van der Waals surface area contributed by atoms with Gasteiger partial charge in [-0.05, 0) is 42.8 Å². The van der Waals surface area contributed by atoms with Crippen molar-refractivity contribution in [3.63, 3.8) is 0 Å². The van der Waals surface area contributed by atoms with E-state index in [4.69, 9.17) is 13.9 Å². The zero-order valence-electron chi connectivity index (χ0n) is 20.7. The number of carboxylic acid groups (broad SMARTS) is 1. The molecule has 0 aliphatic rings. The summed E-state index contributed by atoms with van der Waals surface area (Å²) in [5.41, 5.74) is 2.75. The Balaban J connectivity index is 1.90. The maximum Gasteiger partial charge on any atom is 0.342 e. The summed E-state index contributed by atoms with van der Waals surface area (Å²) in [5.74, 6) is -0.123. The summed E-state index contributed by atoms with van der Waals surface area (Å²) in [6.45, 7) is 2.82. The fourth-order valence-electron chi connectivity index (χ4n) is 4.68. The minimum Gasteiger partial charge on any atom is -0.497 e. The molecule has 0 aliphatic heterocycles. The van der Waals surface area contributed by atoms with Crippen molar-refractivity contribution in [1.82, 2.24) is 4.57 Å². The molecular formula is C29H26N2O6. The molecule has 188 valence electrons. The van der Waals surface area contributed by atoms with Gasteiger partial charge in [0.2, 0.25) is 0 Å². The molecule has 3 aromatic carbocycles. The van der Waals surface area contributed by atoms with Crippen molar-refractivity contribution in [1.29, 1.82) is 0 Å². The standard InChI is InChI=1S/C29H26N2O6/c1-4-30-19-11-14-21-23(15-19)37-27-24(17-9-12-20(35-2)13-10-17)25(29(33)34)28(32)31(26(21)27)16-18-7-5-6-8-22(18)36-3/h5-15,30H,4,16H2,1-3H3,(H,33,34). The van der Waals surface area contributed by atoms with Gasteiger partial charge in [0.1, 0.15) is 22.6 Å². The third-order valence-electron chi connectivity index (χ3n) is 6.36. The van der Waals surface area contributed by atoms with Crippen LogP contribution in [0.1, 0.15) is 22.8 Å². The number of hydrogen-bond acceptors (Lipinski definition) is 6. The number of hydrogen-bond donors (Lipinski definition) is 2. The van der Waals surface area contributed by atoms with Gasteiger partial charge in [-0.2, -0.15) is 0 Å². The molecule has 2 aromatic heterocycles. The van der Waals surface area contributed by atoms with Gasteiger partial charge in [0, 0.05) is 34.8 Å². The third kappa shape index (κ3) is 4.16. The Morgan fingerprint density at radius 1 is 1.03 bits per heavy atom. The molecule has 2 N–H and O–H groups in total. The lowest BCUT2D eigenvalue weighted by molar-refractivity contribution is 0.0695. The van der Waals surface area contributed by atoms with E-state index in [1.54, 1.807) is 44.6 Å². The quantitative estimate of drug-likeness (QED) is 0.287. The van der Waals surface area contributed by atoms with Crippen LogP contribution in [0.25, 0.3) is 33.2 Å². The summed E-state index contributed by atoms with van der Waals surface area (Å²) < 4.78 is 18.6. The van der Waals surface area contributed by atoms with E-state index >= 15 is 0 Å². The first-order valence-corrected chi connectivity index (χ1v) is 11.8. The topological polar surface area (TPSA) is 103 Å². The molecule has 0 radical (unpaired) electrons. The molecule has 5 rings (SSSR count). The van der Waals surface area contributed by atoms with Crippen molar-refractivity contribution in [2.24, 2.45) is 0 Å². The van der Waals surface area contributed by atoms with Crippen molar-refractivity contribution in [2.75, 3.05) is 26.1 Å². The summed E-state index contributed by atoms with van der Waals surface area (Å²) in [4.78, 5) is 26.5. The number of carboxylic acids is 1. The van der Waals surface area contributed by atoms with Crippen LogP contribution in [0.15, 0.2) is 75.9 Å². The molecule has 2 heterocycles. The first kappa shape index (κ1) is 24.0. The monoisotopic (exact) mass is 498 g/mol. The molecule has 0 bridgehead atoms. The fraction of sp³-hybridized carbons (Fsp3) is 0.172. The molecule has 8 heteroatoms. The molecule has 0 amide bonds. The minimum absolute atomic E-state index is 0.103. The third-order valence-corrected chi connectivity index (χ3v) is 6.36. The summed E-state index contributed by atoms with van der Waals surface area (Å²) in [7, 11) is 3.11. The van der Waals surface area contributed by atoms with Crippen LogP contribution >= 0.6 is 0 Å². The van der Waals surface area contributed by atoms with Crippen LogP contribution in [0.5, 0.6) is 11.5 Å². The van der Waals surface area contributed by atoms with Gasteiger partial charge in [-0.3, -0.25) is 9.36 Å². The summed E-state index contributed by atoms with van der Waals surface area (Å²) >= 11 is 0. The Labute approximate surface area is 212 Å². The van der Waals surface area contributed by atoms with Gasteiger partial charge in [0.25, 0.3) is 5.56 Å². The lowest BCUT2D eigenvalue weighted by atomic mass is 9.98. The normalized spacial score (nSPS) is 11.1. The van der Waals surface area contributed by atoms with E-state index in [0.29, 0.717) is 39.1 Å². The Hall–Kier alpha value is -4.72. The summed E-state index contributed by atoms with van der Waals surface area (Å²) in [5, 5.41) is 14.2. The number of anilines is 1. The Morgan fingerprint density at radius 2 is 1.78 bits per heavy atom. The minimum atomic E-state index is -1.33. The number of nitrogens with one attached hydrogen (secondary N) is 1. The number of para-hydroxylation sites is 1. The zero-order chi connectivity index (χ0) is 26.1. The number of nitrogens with zero attached hydrogens (tertiary/aromatic N) is 1. The number of aromatic carboxylic acids is 1. The first-order chi connectivity index (χ1) is 18.0. The van der Waals surface area contributed by atoms with Gasteiger partial charge in [0.15, 0.2) is 5.58 Å². The molecule has 0 atom stereocenters. The number of benzene rings is 3. The van der Waals surface area contributed by atoms with Gasteiger partial charge in [-0.25, -0.2) is 4.79 Å². The van der Waals surface area contributed by atoms with E-state index in [1.165, 1.54) is 4.57 Å². The number of aromatic nitrogens is 1. The highest BCUT2D eigenvalue weighted by Crippen LogP contribution is 2.38. The highest BCUT2D eigenvalue weighted by atomic mass is 16.5. The number of rotatable bonds is 8. The van der Waals surface area contributed by atoms with Crippen LogP contribution in [0.4, 0.5) is 5.69 Å². The van der Waals surface area contributed by atoms with Crippen LogP contribution in [0, 0.1) is 0 Å². The fourth-order valence-corrected chi connectivity index (χ4v) is 4.68. The molecule has 8 nitrogen and oxygen atoms in total. The number of furan rings is 1. The van der Waals surface area contributed by atoms with E-state index in [0.717, 1.165) is 17.8 Å². The van der Waals surface area contributed by atoms with Crippen LogP contribution in [-0.4, -0.2) is 36.4 Å². The molecule has 0 unspecified atom stereocenters. The summed E-state index contributed by atoms with van der Waals surface area (Å²) in [6, 6.07) is 19.9. The van der Waals surface area contributed by atoms with Crippen LogP contribution in [0.2, 0.25) is 0 Å². The molecule has 0 saturated heterocycles. The number of ether oxygens (including phenoxy) is 2. The second kappa shape index (κ2) is 9.73. The van der Waals surface area contributed by atoms with Crippen LogP contribution in [0.3, 0.4) is 0 Å². The number of fused-ring (bicyclic) bond motifs is 3. The van der Waals surface area contributed by atoms with Gasteiger partial charge in [-0.1, -0.05) is 30.3 Å². The van der Waals surface area contributed by atoms with E-state index in [9.17, 15) is 14.7 Å². The van der Waals surface area contributed by atoms with Gasteiger partial charge < -0.3 is 24.3 Å². The maximum atomic E-state index is 13.9. The van der Waals surface area contributed by atoms with E-state index < -0.39 is 11.5 Å². The predicted molar refractivity (Wildman–Crippen MR) is 143 cm³/mol. The van der Waals surface area contributed by atoms with Gasteiger partial charge in [0.05, 0.1) is 26.3 Å². The van der Waals surface area contributed by atoms with Gasteiger partial charge in [-0.15, -0.1) is 0 Å². The largest absolute Gasteiger partial charge is 0.497 e. The van der Waals surface area contributed by atoms with Crippen molar-refractivity contribution in [3.05, 3.63) is 88.2 Å². The Bertz CT molecular complexity index is 1680. The van der Waals surface area contributed by atoms with Gasteiger partial charge >= 0.3 is 5.97 Å². The Kier molecular flexibility index (Phi) is 6.31. The van der Waals surface area contributed by atoms with Crippen molar-refractivity contribution in [3.8, 4) is 22.6 Å². The molecule has 5 aromatic rings. The van der Waals surface area contributed by atoms with Crippen molar-refractivity contribution < 1.29 is 23.8 Å². The average molecular weight is 499 g/mol. The molecule has 0 fully saturated rings. The van der Waals surface area contributed by atoms with Crippen LogP contribution < -0.4 is 20.3 Å². The number of pyridine rings is 1. The second-order valence-corrected chi connectivity index (χ2v) is 8.51. The molecule has 0 spiro atoms. The smallest absolute Gasteiger partial charge is 0.342 e. The predicted octanol–water partition coefficient (Wildman–Crippen LogP) is 5.61.